The zero-order chi connectivity index (χ0) is 18.1. The van der Waals surface area contributed by atoms with E-state index in [1.807, 2.05) is 0 Å². The molecule has 1 amide bonds. The van der Waals surface area contributed by atoms with Crippen molar-refractivity contribution in [2.75, 3.05) is 33.9 Å². The highest BCUT2D eigenvalue weighted by Gasteiger charge is 2.57. The first kappa shape index (κ1) is 19.2. The number of alkyl halides is 1. The van der Waals surface area contributed by atoms with Gasteiger partial charge in [0.05, 0.1) is 20.1 Å². The Morgan fingerprint density at radius 1 is 1.12 bits per heavy atom. The van der Waals surface area contributed by atoms with E-state index in [-0.39, 0.29) is 28.0 Å². The van der Waals surface area contributed by atoms with Crippen molar-refractivity contribution in [3.63, 3.8) is 0 Å². The molecule has 4 fully saturated rings. The minimum atomic E-state index is -0.274. The van der Waals surface area contributed by atoms with E-state index in [1.165, 1.54) is 39.2 Å². The van der Waals surface area contributed by atoms with E-state index in [0.717, 1.165) is 18.3 Å². The lowest BCUT2D eigenvalue weighted by Crippen LogP contribution is -2.54. The molecule has 6 heteroatoms. The highest BCUT2D eigenvalue weighted by atomic mass is 79.9. The fraction of sp³-hybridized carbons (Fsp3) is 0.895. The summed E-state index contributed by atoms with van der Waals surface area (Å²) in [5.74, 6) is 1.44. The van der Waals surface area contributed by atoms with Crippen molar-refractivity contribution >= 4 is 27.8 Å². The van der Waals surface area contributed by atoms with Crippen molar-refractivity contribution in [1.82, 2.24) is 4.90 Å². The van der Waals surface area contributed by atoms with Gasteiger partial charge in [0.25, 0.3) is 0 Å². The van der Waals surface area contributed by atoms with Crippen LogP contribution in [0, 0.1) is 17.3 Å². The third-order valence-corrected chi connectivity index (χ3v) is 7.30. The van der Waals surface area contributed by atoms with Gasteiger partial charge < -0.3 is 14.4 Å². The topological polar surface area (TPSA) is 55.8 Å². The van der Waals surface area contributed by atoms with E-state index in [9.17, 15) is 9.59 Å². The molecule has 25 heavy (non-hydrogen) atoms. The molecule has 2 unspecified atom stereocenters. The summed E-state index contributed by atoms with van der Waals surface area (Å²) in [7, 11) is 3.02. The molecule has 142 valence electrons. The Labute approximate surface area is 158 Å². The van der Waals surface area contributed by atoms with E-state index in [0.29, 0.717) is 26.1 Å². The van der Waals surface area contributed by atoms with Crippen LogP contribution in [-0.4, -0.2) is 55.0 Å². The number of hydrogen-bond donors (Lipinski definition) is 0. The number of carbonyl (C=O) groups excluding carboxylic acids is 2. The summed E-state index contributed by atoms with van der Waals surface area (Å²) in [6.07, 6.45) is 8.25. The van der Waals surface area contributed by atoms with Crippen molar-refractivity contribution in [2.24, 2.45) is 17.3 Å². The van der Waals surface area contributed by atoms with Gasteiger partial charge in [0.1, 0.15) is 0 Å². The minimum absolute atomic E-state index is 0.154. The van der Waals surface area contributed by atoms with E-state index in [4.69, 9.17) is 9.47 Å². The number of methoxy groups -OCH3 is 2. The van der Waals surface area contributed by atoms with Crippen LogP contribution in [0.15, 0.2) is 0 Å². The Balaban J connectivity index is 1.64. The van der Waals surface area contributed by atoms with Crippen LogP contribution in [0.1, 0.15) is 51.4 Å². The van der Waals surface area contributed by atoms with Crippen LogP contribution in [0.3, 0.4) is 0 Å². The molecule has 0 spiro atoms. The maximum Gasteiger partial charge on any atom is 0.307 e. The molecule has 0 radical (unpaired) electrons. The average molecular weight is 416 g/mol. The summed E-state index contributed by atoms with van der Waals surface area (Å²) in [5.41, 5.74) is 0.154. The molecule has 0 N–H and O–H groups in total. The fourth-order valence-corrected chi connectivity index (χ4v) is 7.38. The van der Waals surface area contributed by atoms with Gasteiger partial charge in [0.2, 0.25) is 5.91 Å². The van der Waals surface area contributed by atoms with Crippen molar-refractivity contribution < 1.29 is 19.1 Å². The quantitative estimate of drug-likeness (QED) is 0.451. The Hall–Kier alpha value is -0.620. The van der Waals surface area contributed by atoms with Crippen LogP contribution in [0.5, 0.6) is 0 Å². The number of hydrogen-bond acceptors (Lipinski definition) is 4. The maximum atomic E-state index is 13.0. The van der Waals surface area contributed by atoms with Crippen LogP contribution in [-0.2, 0) is 19.1 Å². The van der Waals surface area contributed by atoms with Gasteiger partial charge in [0.15, 0.2) is 0 Å². The first-order valence-corrected chi connectivity index (χ1v) is 10.2. The molecule has 0 aromatic rings. The van der Waals surface area contributed by atoms with Gasteiger partial charge in [-0.3, -0.25) is 9.59 Å². The number of ether oxygens (including phenoxy) is 2. The Morgan fingerprint density at radius 2 is 1.80 bits per heavy atom. The molecular weight excluding hydrogens is 386 g/mol. The van der Waals surface area contributed by atoms with Gasteiger partial charge in [-0.1, -0.05) is 15.9 Å². The largest absolute Gasteiger partial charge is 0.469 e. The molecule has 5 nitrogen and oxygen atoms in total. The number of halogens is 1. The summed E-state index contributed by atoms with van der Waals surface area (Å²) in [5, 5.41) is 0. The molecule has 4 saturated carbocycles. The second kappa shape index (κ2) is 7.55. The second-order valence-corrected chi connectivity index (χ2v) is 10.2. The Morgan fingerprint density at radius 3 is 2.36 bits per heavy atom. The van der Waals surface area contributed by atoms with Crippen LogP contribution in [0.4, 0.5) is 0 Å². The van der Waals surface area contributed by atoms with Crippen LogP contribution < -0.4 is 0 Å². The number of nitrogens with zero attached hydrogens (tertiary/aromatic N) is 1. The SMILES string of the molecule is COCCN(CCC(=O)OC)C(=O)CC12CC3CC(CC(Br)(C3)C1)C2. The predicted octanol–water partition coefficient (Wildman–Crippen LogP) is 3.15. The Kier molecular flexibility index (Phi) is 5.78. The van der Waals surface area contributed by atoms with E-state index in [1.54, 1.807) is 12.0 Å². The molecular formula is C19H30BrNO4. The van der Waals surface area contributed by atoms with Crippen molar-refractivity contribution in [2.45, 2.75) is 55.7 Å². The number of rotatable bonds is 8. The number of amides is 1. The van der Waals surface area contributed by atoms with E-state index in [2.05, 4.69) is 15.9 Å². The molecule has 4 aliphatic rings. The van der Waals surface area contributed by atoms with Gasteiger partial charge in [-0.05, 0) is 55.8 Å². The van der Waals surface area contributed by atoms with Crippen LogP contribution in [0.2, 0.25) is 0 Å². The highest BCUT2D eigenvalue weighted by Crippen LogP contribution is 2.65. The van der Waals surface area contributed by atoms with Crippen LogP contribution in [0.25, 0.3) is 0 Å². The van der Waals surface area contributed by atoms with E-state index >= 15 is 0 Å². The number of carbonyl (C=O) groups is 2. The maximum absolute atomic E-state index is 13.0. The first-order valence-electron chi connectivity index (χ1n) is 9.39. The molecule has 0 aromatic heterocycles. The second-order valence-electron chi connectivity index (χ2n) is 8.49. The molecule has 2 atom stereocenters. The van der Waals surface area contributed by atoms with Crippen molar-refractivity contribution in [3.8, 4) is 0 Å². The summed E-state index contributed by atoms with van der Waals surface area (Å²) >= 11 is 4.01. The van der Waals surface area contributed by atoms with Gasteiger partial charge in [-0.25, -0.2) is 0 Å². The van der Waals surface area contributed by atoms with Crippen molar-refractivity contribution in [1.29, 1.82) is 0 Å². The lowest BCUT2D eigenvalue weighted by molar-refractivity contribution is -0.143. The normalized spacial score (nSPS) is 35.6. The molecule has 4 rings (SSSR count). The zero-order valence-corrected chi connectivity index (χ0v) is 17.0. The predicted molar refractivity (Wildman–Crippen MR) is 98.5 cm³/mol. The van der Waals surface area contributed by atoms with Gasteiger partial charge in [0, 0.05) is 30.9 Å². The third-order valence-electron chi connectivity index (χ3n) is 6.37. The molecule has 0 aromatic carbocycles. The summed E-state index contributed by atoms with van der Waals surface area (Å²) in [4.78, 5) is 26.3. The van der Waals surface area contributed by atoms with Crippen LogP contribution >= 0.6 is 15.9 Å². The third kappa shape index (κ3) is 4.38. The van der Waals surface area contributed by atoms with Crippen molar-refractivity contribution in [3.05, 3.63) is 0 Å². The minimum Gasteiger partial charge on any atom is -0.469 e. The highest BCUT2D eigenvalue weighted by molar-refractivity contribution is 9.10. The molecule has 0 aliphatic heterocycles. The fourth-order valence-electron chi connectivity index (χ4n) is 5.87. The first-order chi connectivity index (χ1) is 11.9. The summed E-state index contributed by atoms with van der Waals surface area (Å²) in [6.45, 7) is 1.44. The standard InChI is InChI=1S/C19H30BrNO4/c1-24-6-5-21(4-3-17(23)25-2)16(22)12-18-8-14-7-15(9-18)11-19(20,10-14)13-18/h14-15H,3-13H2,1-2H3. The van der Waals surface area contributed by atoms with Gasteiger partial charge >= 0.3 is 5.97 Å². The Bertz CT molecular complexity index is 510. The van der Waals surface area contributed by atoms with Gasteiger partial charge in [-0.15, -0.1) is 0 Å². The summed E-state index contributed by atoms with van der Waals surface area (Å²) < 4.78 is 10.1. The smallest absolute Gasteiger partial charge is 0.307 e. The molecule has 0 heterocycles. The molecule has 4 aliphatic carbocycles. The zero-order valence-electron chi connectivity index (χ0n) is 15.4. The average Bonchev–Trinajstić information content (AvgIpc) is 2.51. The molecule has 4 bridgehead atoms. The lowest BCUT2D eigenvalue weighted by Gasteiger charge is -2.60. The molecule has 0 saturated heterocycles. The van der Waals surface area contributed by atoms with E-state index < -0.39 is 0 Å². The summed E-state index contributed by atoms with van der Waals surface area (Å²) in [6, 6.07) is 0. The van der Waals surface area contributed by atoms with Gasteiger partial charge in [-0.2, -0.15) is 0 Å². The number of esters is 1. The monoisotopic (exact) mass is 415 g/mol. The lowest BCUT2D eigenvalue weighted by atomic mass is 9.48.